The van der Waals surface area contributed by atoms with Gasteiger partial charge in [-0.3, -0.25) is 0 Å². The first-order valence-electron chi connectivity index (χ1n) is 31.8. The van der Waals surface area contributed by atoms with Crippen molar-refractivity contribution in [1.29, 1.82) is 0 Å². The monoisotopic (exact) mass is 1230 g/mol. The predicted molar refractivity (Wildman–Crippen MR) is 382 cm³/mol. The number of nitrogens with one attached hydrogen (secondary N) is 1. The van der Waals surface area contributed by atoms with Crippen LogP contribution in [0, 0.1) is 5.82 Å². The van der Waals surface area contributed by atoms with Crippen LogP contribution in [0.5, 0.6) is 0 Å². The number of halogens is 1. The van der Waals surface area contributed by atoms with E-state index in [-0.39, 0.29) is 16.6 Å². The first-order chi connectivity index (χ1) is 46.5. The Morgan fingerprint density at radius 3 is 1.18 bits per heavy atom. The molecule has 12 aromatic carbocycles. The summed E-state index contributed by atoms with van der Waals surface area (Å²) in [4.78, 5) is 30.9. The summed E-state index contributed by atoms with van der Waals surface area (Å²) in [5.74, 6) is 3.34. The summed E-state index contributed by atoms with van der Waals surface area (Å²) >= 11 is 0. The lowest BCUT2D eigenvalue weighted by atomic mass is 9.73. The fourth-order valence-corrected chi connectivity index (χ4v) is 13.3. The summed E-state index contributed by atoms with van der Waals surface area (Å²) in [6, 6.07) is 97.0. The van der Waals surface area contributed by atoms with E-state index < -0.39 is 0 Å². The van der Waals surface area contributed by atoms with Gasteiger partial charge in [0.1, 0.15) is 17.0 Å². The van der Waals surface area contributed by atoms with Gasteiger partial charge in [0.05, 0.1) is 17.1 Å². The largest absolute Gasteiger partial charge is 0.454 e. The van der Waals surface area contributed by atoms with Crippen molar-refractivity contribution in [3.8, 4) is 68.3 Å². The van der Waals surface area contributed by atoms with Crippen LogP contribution in [-0.2, 0) is 10.8 Å². The van der Waals surface area contributed by atoms with Gasteiger partial charge in [0.25, 0.3) is 0 Å². The lowest BCUT2D eigenvalue weighted by molar-refractivity contribution is 0.624. The van der Waals surface area contributed by atoms with Crippen molar-refractivity contribution in [2.24, 2.45) is 0 Å². The van der Waals surface area contributed by atoms with Crippen LogP contribution in [0.2, 0.25) is 0 Å². The highest BCUT2D eigenvalue weighted by Crippen LogP contribution is 2.55. The quantitative estimate of drug-likeness (QED) is 0.165. The second-order valence-electron chi connectivity index (χ2n) is 24.8. The number of furan rings is 2. The van der Waals surface area contributed by atoms with Crippen molar-refractivity contribution in [1.82, 2.24) is 29.9 Å². The number of rotatable bonds is 7. The van der Waals surface area contributed by atoms with E-state index in [9.17, 15) is 4.39 Å². The molecule has 2 aliphatic heterocycles. The Labute approximate surface area is 548 Å². The Bertz CT molecular complexity index is 5410. The van der Waals surface area contributed by atoms with E-state index in [0.29, 0.717) is 34.9 Å². The van der Waals surface area contributed by atoms with Crippen molar-refractivity contribution >= 4 is 72.3 Å². The molecule has 0 spiro atoms. The molecule has 2 aliphatic rings. The van der Waals surface area contributed by atoms with Crippen LogP contribution in [0.15, 0.2) is 300 Å². The summed E-state index contributed by atoms with van der Waals surface area (Å²) in [7, 11) is 0. The third-order valence-corrected chi connectivity index (χ3v) is 18.2. The molecule has 0 atom stereocenters. The molecule has 0 saturated carbocycles. The maximum Gasteiger partial charge on any atom is 0.164 e. The highest BCUT2D eigenvalue weighted by molar-refractivity contribution is 6.13. The molecule has 0 radical (unpaired) electrons. The molecule has 0 aliphatic carbocycles. The van der Waals surface area contributed by atoms with E-state index in [1.54, 1.807) is 12.1 Å². The fourth-order valence-electron chi connectivity index (χ4n) is 13.3. The van der Waals surface area contributed by atoms with Gasteiger partial charge >= 0.3 is 0 Å². The molecule has 18 rings (SSSR count). The van der Waals surface area contributed by atoms with Crippen LogP contribution in [0.4, 0.5) is 32.8 Å². The van der Waals surface area contributed by atoms with Gasteiger partial charge in [-0.2, -0.15) is 0 Å². The van der Waals surface area contributed by atoms with Gasteiger partial charge in [0.15, 0.2) is 46.1 Å². The molecule has 4 aromatic heterocycles. The van der Waals surface area contributed by atoms with E-state index in [4.69, 9.17) is 23.8 Å². The lowest BCUT2D eigenvalue weighted by Crippen LogP contribution is -2.30. The molecular weight excluding hydrogens is 1170 g/mol. The zero-order valence-corrected chi connectivity index (χ0v) is 52.5. The molecule has 6 heterocycles. The molecule has 10 nitrogen and oxygen atoms in total. The summed E-state index contributed by atoms with van der Waals surface area (Å²) in [5.41, 5.74) is 19.4. The molecule has 0 unspecified atom stereocenters. The number of fused-ring (bicyclic) bond motifs is 12. The Morgan fingerprint density at radius 2 is 0.684 bits per heavy atom. The molecule has 95 heavy (non-hydrogen) atoms. The fraction of sp³-hybridized carbons (Fsp3) is 0.0714. The number of aromatic nitrogens is 6. The van der Waals surface area contributed by atoms with E-state index in [1.807, 2.05) is 146 Å². The summed E-state index contributed by atoms with van der Waals surface area (Å²) in [6.45, 7) is 9.16. The maximum absolute atomic E-state index is 13.2. The first-order valence-corrected chi connectivity index (χ1v) is 31.8. The summed E-state index contributed by atoms with van der Waals surface area (Å²) in [5, 5.41) is 8.18. The summed E-state index contributed by atoms with van der Waals surface area (Å²) in [6.07, 6.45) is 0. The number of nitrogens with zero attached hydrogens (tertiary/aromatic N) is 7. The lowest BCUT2D eigenvalue weighted by Gasteiger charge is -2.41. The van der Waals surface area contributed by atoms with Gasteiger partial charge in [0.2, 0.25) is 0 Å². The van der Waals surface area contributed by atoms with Crippen molar-refractivity contribution in [2.75, 3.05) is 10.2 Å². The van der Waals surface area contributed by atoms with E-state index in [0.717, 1.165) is 94.9 Å². The molecule has 456 valence electrons. The number of hydrogen-bond acceptors (Lipinski definition) is 10. The second-order valence-corrected chi connectivity index (χ2v) is 24.8. The molecule has 0 saturated heterocycles. The molecule has 0 fully saturated rings. The predicted octanol–water partition coefficient (Wildman–Crippen LogP) is 21.9. The van der Waals surface area contributed by atoms with E-state index in [1.165, 1.54) is 45.2 Å². The van der Waals surface area contributed by atoms with Gasteiger partial charge in [-0.05, 0) is 95.1 Å². The number of hydrogen-bond donors (Lipinski definition) is 1. The van der Waals surface area contributed by atoms with Gasteiger partial charge in [-0.15, -0.1) is 0 Å². The van der Waals surface area contributed by atoms with Crippen molar-refractivity contribution < 1.29 is 13.2 Å². The van der Waals surface area contributed by atoms with Crippen LogP contribution in [0.3, 0.4) is 0 Å². The second kappa shape index (κ2) is 23.8. The smallest absolute Gasteiger partial charge is 0.164 e. The van der Waals surface area contributed by atoms with E-state index in [2.05, 4.69) is 174 Å². The van der Waals surface area contributed by atoms with Crippen molar-refractivity contribution in [3.63, 3.8) is 0 Å². The zero-order valence-electron chi connectivity index (χ0n) is 52.5. The summed E-state index contributed by atoms with van der Waals surface area (Å²) < 4.78 is 26.1. The Kier molecular flexibility index (Phi) is 14.5. The molecule has 11 heteroatoms. The minimum Gasteiger partial charge on any atom is -0.454 e. The van der Waals surface area contributed by atoms with Gasteiger partial charge in [0, 0.05) is 77.1 Å². The minimum atomic E-state index is -0.288. The molecule has 16 aromatic rings. The van der Waals surface area contributed by atoms with Crippen LogP contribution >= 0.6 is 0 Å². The van der Waals surface area contributed by atoms with Gasteiger partial charge in [-0.25, -0.2) is 34.3 Å². The highest BCUT2D eigenvalue weighted by Gasteiger charge is 2.39. The van der Waals surface area contributed by atoms with Crippen molar-refractivity contribution in [3.05, 3.63) is 319 Å². The molecule has 1 N–H and O–H groups in total. The number of benzene rings is 12. The first kappa shape index (κ1) is 57.9. The third kappa shape index (κ3) is 10.6. The number of anilines is 5. The van der Waals surface area contributed by atoms with E-state index >= 15 is 0 Å². The zero-order chi connectivity index (χ0) is 64.2. The third-order valence-electron chi connectivity index (χ3n) is 18.2. The Balaban J connectivity index is 0.000000124. The molecule has 0 bridgehead atoms. The molecular formula is C84H61FN8O2. The standard InChI is InChI=1S/C42H30N4O.C21H14FN3.C21H17NO/c1-42(2)33-18-10-11-19-35(33)46(37-34(42)26-25-32-31-17-9-12-20-36(31)47-38(32)37)30-23-21-29(22-24-30)41-44-39(27-13-5-3-6-14-27)43-40(45-41)28-15-7-4-8-16-28;22-18-13-11-17(12-14-18)21-24-19(15-7-3-1-4-8-15)23-20(25-21)16-9-5-2-6-10-16;1-21(2)15-8-4-5-9-17(15)22-19-16(21)12-11-14-13-7-3-6-10-18(13)23-20(14)19/h3-26H,1-2H3;1-14H;3-12,22H,1-2H3. The average Bonchev–Trinajstić information content (AvgIpc) is 1.71. The minimum absolute atomic E-state index is 0.0512. The van der Waals surface area contributed by atoms with Crippen LogP contribution in [0.1, 0.15) is 49.9 Å². The Hall–Kier alpha value is -12.2. The van der Waals surface area contributed by atoms with Gasteiger partial charge < -0.3 is 19.1 Å². The van der Waals surface area contributed by atoms with Crippen LogP contribution in [-0.4, -0.2) is 29.9 Å². The normalized spacial score (nSPS) is 13.1. The van der Waals surface area contributed by atoms with Crippen LogP contribution in [0.25, 0.3) is 112 Å². The topological polar surface area (TPSA) is 119 Å². The maximum atomic E-state index is 13.2. The van der Waals surface area contributed by atoms with Gasteiger partial charge in [-0.1, -0.05) is 246 Å². The Morgan fingerprint density at radius 1 is 0.316 bits per heavy atom. The SMILES string of the molecule is CC1(C)c2ccccc2N(c2ccc(-c3nc(-c4ccccc4)nc(-c4ccccc4)n3)cc2)c2c1ccc1c2oc2ccccc21.CC1(C)c2ccccc2Nc2c1ccc1c2oc2ccccc21.Fc1ccc(-c2nc(-c3ccccc3)nc(-c3ccccc3)n2)cc1. The molecule has 0 amide bonds. The average molecular weight is 1230 g/mol. The van der Waals surface area contributed by atoms with Crippen LogP contribution < -0.4 is 10.2 Å². The van der Waals surface area contributed by atoms with Crippen molar-refractivity contribution in [2.45, 2.75) is 38.5 Å². The number of para-hydroxylation sites is 4. The highest BCUT2D eigenvalue weighted by atomic mass is 19.1.